The quantitative estimate of drug-likeness (QED) is 0.901. The van der Waals surface area contributed by atoms with Crippen LogP contribution in [0.1, 0.15) is 23.9 Å². The molecule has 0 saturated carbocycles. The monoisotopic (exact) mass is 280 g/mol. The number of carbonyl (C=O) groups excluding carboxylic acids is 1. The number of anilines is 1. The van der Waals surface area contributed by atoms with E-state index >= 15 is 0 Å². The summed E-state index contributed by atoms with van der Waals surface area (Å²) in [7, 11) is 0. The molecule has 0 fully saturated rings. The molecule has 3 rings (SSSR count). The number of ether oxygens (including phenoxy) is 2. The molecule has 0 bridgehead atoms. The average Bonchev–Trinajstić information content (AvgIpc) is 2.81. The number of hydrogen-bond donors (Lipinski definition) is 1. The number of aromatic nitrogens is 1. The van der Waals surface area contributed by atoms with E-state index in [1.807, 2.05) is 0 Å². The summed E-state index contributed by atoms with van der Waals surface area (Å²) in [5.74, 6) is 0.626. The van der Waals surface area contributed by atoms with Crippen molar-refractivity contribution >= 4 is 22.4 Å². The lowest BCUT2D eigenvalue weighted by molar-refractivity contribution is -0.117. The lowest BCUT2D eigenvalue weighted by Gasteiger charge is -2.15. The second-order valence-electron chi connectivity index (χ2n) is 4.89. The van der Waals surface area contributed by atoms with Crippen LogP contribution in [0.5, 0.6) is 0 Å². The minimum absolute atomic E-state index is 0.216. The first-order valence-electron chi connectivity index (χ1n) is 6.47. The van der Waals surface area contributed by atoms with Crippen molar-refractivity contribution in [1.29, 1.82) is 0 Å². The van der Waals surface area contributed by atoms with Crippen LogP contribution in [0.25, 0.3) is 0 Å². The summed E-state index contributed by atoms with van der Waals surface area (Å²) in [6.45, 7) is 3.14. The molecule has 5 nitrogen and oxygen atoms in total. The smallest absolute Gasteiger partial charge is 0.295 e. The van der Waals surface area contributed by atoms with Crippen molar-refractivity contribution in [2.75, 3.05) is 18.5 Å². The van der Waals surface area contributed by atoms with E-state index in [1.165, 1.54) is 17.6 Å². The van der Waals surface area contributed by atoms with Crippen molar-refractivity contribution in [1.82, 2.24) is 4.98 Å². The highest BCUT2D eigenvalue weighted by Crippen LogP contribution is 2.32. The highest BCUT2D eigenvalue weighted by atomic mass is 32.1. The maximum Gasteiger partial charge on any atom is 0.295 e. The van der Waals surface area contributed by atoms with Gasteiger partial charge in [-0.15, -0.1) is 11.3 Å². The molecular weight excluding hydrogens is 264 g/mol. The first kappa shape index (κ1) is 12.5. The number of carbonyl (C=O) groups is 1. The number of hydrogen-bond acceptors (Lipinski definition) is 5. The van der Waals surface area contributed by atoms with Gasteiger partial charge in [-0.3, -0.25) is 10.1 Å². The van der Waals surface area contributed by atoms with E-state index in [4.69, 9.17) is 9.47 Å². The van der Waals surface area contributed by atoms with Crippen LogP contribution in [0.4, 0.5) is 5.13 Å². The Kier molecular flexibility index (Phi) is 3.42. The van der Waals surface area contributed by atoms with Crippen LogP contribution in [0.3, 0.4) is 0 Å². The standard InChI is InChI=1S/C13H16N2O3S/c1-8-2-3-9-11(6-8)19-13(14-9)15-12(16)10-7-17-4-5-18-10/h7-8H,2-6H2,1H3,(H,14,15,16)/t8-/m0/s1. The third-order valence-electron chi connectivity index (χ3n) is 3.28. The zero-order valence-corrected chi connectivity index (χ0v) is 11.6. The Bertz CT molecular complexity index is 524. The summed E-state index contributed by atoms with van der Waals surface area (Å²) in [4.78, 5) is 17.7. The van der Waals surface area contributed by atoms with Gasteiger partial charge in [-0.25, -0.2) is 4.98 Å². The molecule has 1 aromatic rings. The van der Waals surface area contributed by atoms with Crippen LogP contribution in [0.15, 0.2) is 12.0 Å². The summed E-state index contributed by atoms with van der Waals surface area (Å²) < 4.78 is 10.3. The molecule has 1 atom stereocenters. The van der Waals surface area contributed by atoms with Gasteiger partial charge in [-0.1, -0.05) is 6.92 Å². The molecule has 0 spiro atoms. The normalized spacial score (nSPS) is 21.7. The minimum Gasteiger partial charge on any atom is -0.494 e. The van der Waals surface area contributed by atoms with Gasteiger partial charge in [0.1, 0.15) is 19.5 Å². The highest BCUT2D eigenvalue weighted by Gasteiger charge is 2.22. The Labute approximate surface area is 115 Å². The largest absolute Gasteiger partial charge is 0.494 e. The molecule has 0 unspecified atom stereocenters. The fourth-order valence-electron chi connectivity index (χ4n) is 2.24. The van der Waals surface area contributed by atoms with Crippen LogP contribution in [-0.4, -0.2) is 24.1 Å². The zero-order chi connectivity index (χ0) is 13.2. The second-order valence-corrected chi connectivity index (χ2v) is 5.98. The first-order valence-corrected chi connectivity index (χ1v) is 7.28. The van der Waals surface area contributed by atoms with E-state index in [-0.39, 0.29) is 11.7 Å². The van der Waals surface area contributed by atoms with Gasteiger partial charge in [0.25, 0.3) is 5.91 Å². The van der Waals surface area contributed by atoms with Gasteiger partial charge < -0.3 is 9.47 Å². The molecule has 19 heavy (non-hydrogen) atoms. The Morgan fingerprint density at radius 3 is 3.21 bits per heavy atom. The fraction of sp³-hybridized carbons (Fsp3) is 0.538. The maximum atomic E-state index is 11.9. The average molecular weight is 280 g/mol. The minimum atomic E-state index is -0.293. The second kappa shape index (κ2) is 5.21. The number of aryl methyl sites for hydroxylation is 1. The Morgan fingerprint density at radius 1 is 1.53 bits per heavy atom. The Balaban J connectivity index is 1.70. The third-order valence-corrected chi connectivity index (χ3v) is 4.31. The molecular formula is C13H16N2O3S. The van der Waals surface area contributed by atoms with Crippen LogP contribution >= 0.6 is 11.3 Å². The third kappa shape index (κ3) is 2.73. The van der Waals surface area contributed by atoms with Gasteiger partial charge in [-0.05, 0) is 25.2 Å². The molecule has 2 heterocycles. The van der Waals surface area contributed by atoms with Gasteiger partial charge in [-0.2, -0.15) is 0 Å². The fourth-order valence-corrected chi connectivity index (χ4v) is 3.41. The molecule has 2 aliphatic rings. The number of thiazole rings is 1. The van der Waals surface area contributed by atoms with E-state index in [9.17, 15) is 4.79 Å². The van der Waals surface area contributed by atoms with E-state index < -0.39 is 0 Å². The number of nitrogens with one attached hydrogen (secondary N) is 1. The molecule has 0 saturated heterocycles. The summed E-state index contributed by atoms with van der Waals surface area (Å²) in [6, 6.07) is 0. The summed E-state index contributed by atoms with van der Waals surface area (Å²) in [5, 5.41) is 3.43. The predicted octanol–water partition coefficient (Wildman–Crippen LogP) is 2.09. The molecule has 1 amide bonds. The molecule has 1 aliphatic heterocycles. The van der Waals surface area contributed by atoms with Crippen LogP contribution < -0.4 is 5.32 Å². The van der Waals surface area contributed by atoms with Crippen LogP contribution in [0, 0.1) is 5.92 Å². The van der Waals surface area contributed by atoms with Gasteiger partial charge in [0, 0.05) is 4.88 Å². The highest BCUT2D eigenvalue weighted by molar-refractivity contribution is 7.15. The number of rotatable bonds is 2. The van der Waals surface area contributed by atoms with Gasteiger partial charge in [0.15, 0.2) is 5.13 Å². The molecule has 1 aliphatic carbocycles. The Morgan fingerprint density at radius 2 is 2.42 bits per heavy atom. The Hall–Kier alpha value is -1.56. The van der Waals surface area contributed by atoms with Crippen molar-refractivity contribution in [3.8, 4) is 0 Å². The lowest BCUT2D eigenvalue weighted by atomic mass is 9.93. The van der Waals surface area contributed by atoms with Crippen molar-refractivity contribution in [3.63, 3.8) is 0 Å². The number of amides is 1. The lowest BCUT2D eigenvalue weighted by Crippen LogP contribution is -2.21. The van der Waals surface area contributed by atoms with Gasteiger partial charge in [0.05, 0.1) is 5.69 Å². The van der Waals surface area contributed by atoms with E-state index in [0.29, 0.717) is 24.3 Å². The maximum absolute atomic E-state index is 11.9. The van der Waals surface area contributed by atoms with Crippen molar-refractivity contribution in [3.05, 3.63) is 22.6 Å². The number of fused-ring (bicyclic) bond motifs is 1. The van der Waals surface area contributed by atoms with Gasteiger partial charge in [0.2, 0.25) is 5.76 Å². The van der Waals surface area contributed by atoms with Crippen LogP contribution in [0.2, 0.25) is 0 Å². The predicted molar refractivity (Wildman–Crippen MR) is 71.9 cm³/mol. The van der Waals surface area contributed by atoms with Crippen LogP contribution in [-0.2, 0) is 27.1 Å². The molecule has 102 valence electrons. The topological polar surface area (TPSA) is 60.5 Å². The SMILES string of the molecule is C[C@H]1CCc2nc(NC(=O)C3=COCCO3)sc2C1. The van der Waals surface area contributed by atoms with E-state index in [1.54, 1.807) is 11.3 Å². The molecule has 6 heteroatoms. The van der Waals surface area contributed by atoms with Crippen molar-refractivity contribution in [2.24, 2.45) is 5.92 Å². The molecule has 1 aromatic heterocycles. The van der Waals surface area contributed by atoms with Crippen molar-refractivity contribution < 1.29 is 14.3 Å². The van der Waals surface area contributed by atoms with E-state index in [2.05, 4.69) is 17.2 Å². The summed E-state index contributed by atoms with van der Waals surface area (Å²) >= 11 is 1.56. The first-order chi connectivity index (χ1) is 9.22. The van der Waals surface area contributed by atoms with E-state index in [0.717, 1.165) is 18.5 Å². The summed E-state index contributed by atoms with van der Waals surface area (Å²) in [5.41, 5.74) is 1.13. The van der Waals surface area contributed by atoms with Gasteiger partial charge >= 0.3 is 0 Å². The number of nitrogens with zero attached hydrogens (tertiary/aromatic N) is 1. The molecule has 0 aromatic carbocycles. The molecule has 1 N–H and O–H groups in total. The zero-order valence-electron chi connectivity index (χ0n) is 10.8. The molecule has 0 radical (unpaired) electrons. The van der Waals surface area contributed by atoms with Crippen molar-refractivity contribution in [2.45, 2.75) is 26.2 Å². The summed E-state index contributed by atoms with van der Waals surface area (Å²) in [6.07, 6.45) is 4.59.